The smallest absolute Gasteiger partial charge is 0.123 e. The van der Waals surface area contributed by atoms with Crippen molar-refractivity contribution in [3.8, 4) is 0 Å². The Kier molecular flexibility index (Phi) is 6.13. The third-order valence-electron chi connectivity index (χ3n) is 3.97. The average Bonchev–Trinajstić information content (AvgIpc) is 2.48. The van der Waals surface area contributed by atoms with Gasteiger partial charge in [0, 0.05) is 23.6 Å². The fourth-order valence-electron chi connectivity index (χ4n) is 2.64. The number of hydrogen-bond acceptors (Lipinski definition) is 4. The molecular weight excluding hydrogens is 337 g/mol. The zero-order valence-electron chi connectivity index (χ0n) is 12.5. The van der Waals surface area contributed by atoms with Crippen LogP contribution in [0.5, 0.6) is 0 Å². The third kappa shape index (κ3) is 4.47. The summed E-state index contributed by atoms with van der Waals surface area (Å²) in [6.07, 6.45) is 0.618. The molecule has 6 heteroatoms. The van der Waals surface area contributed by atoms with Gasteiger partial charge in [-0.1, -0.05) is 15.9 Å². The Bertz CT molecular complexity index is 472. The molecule has 1 aromatic rings. The van der Waals surface area contributed by atoms with Gasteiger partial charge in [0.15, 0.2) is 0 Å². The number of benzene rings is 1. The van der Waals surface area contributed by atoms with E-state index in [-0.39, 0.29) is 18.0 Å². The normalized spacial score (nSPS) is 21.7. The molecule has 118 valence electrons. The van der Waals surface area contributed by atoms with Gasteiger partial charge >= 0.3 is 0 Å². The first-order valence-corrected chi connectivity index (χ1v) is 8.06. The van der Waals surface area contributed by atoms with Crippen molar-refractivity contribution in [2.24, 2.45) is 5.84 Å². The predicted octanol–water partition coefficient (Wildman–Crippen LogP) is 2.07. The lowest BCUT2D eigenvalue weighted by molar-refractivity contribution is -0.0553. The number of ether oxygens (including phenoxy) is 1. The van der Waals surface area contributed by atoms with Gasteiger partial charge in [-0.15, -0.1) is 0 Å². The van der Waals surface area contributed by atoms with Crippen LogP contribution in [0.4, 0.5) is 4.39 Å². The summed E-state index contributed by atoms with van der Waals surface area (Å²) >= 11 is 3.46. The molecular formula is C15H23BrFN3O. The van der Waals surface area contributed by atoms with Crippen LogP contribution in [0, 0.1) is 5.82 Å². The van der Waals surface area contributed by atoms with Crippen LogP contribution in [0.1, 0.15) is 19.4 Å². The highest BCUT2D eigenvalue weighted by atomic mass is 79.9. The van der Waals surface area contributed by atoms with E-state index in [9.17, 15) is 4.39 Å². The molecule has 4 nitrogen and oxygen atoms in total. The lowest BCUT2D eigenvalue weighted by Crippen LogP contribution is -2.56. The summed E-state index contributed by atoms with van der Waals surface area (Å²) in [5.74, 6) is 5.46. The molecule has 0 radical (unpaired) electrons. The second kappa shape index (κ2) is 7.65. The Morgan fingerprint density at radius 2 is 2.29 bits per heavy atom. The quantitative estimate of drug-likeness (QED) is 0.624. The largest absolute Gasteiger partial charge is 0.374 e. The maximum atomic E-state index is 13.4. The highest BCUT2D eigenvalue weighted by Crippen LogP contribution is 2.22. The van der Waals surface area contributed by atoms with E-state index in [1.54, 1.807) is 6.07 Å². The van der Waals surface area contributed by atoms with Crippen LogP contribution in [0.25, 0.3) is 0 Å². The molecule has 1 heterocycles. The number of halogens is 2. The first kappa shape index (κ1) is 16.8. The van der Waals surface area contributed by atoms with Crippen LogP contribution in [0.2, 0.25) is 0 Å². The highest BCUT2D eigenvalue weighted by molar-refractivity contribution is 9.10. The van der Waals surface area contributed by atoms with Crippen LogP contribution >= 0.6 is 15.9 Å². The molecule has 1 aliphatic heterocycles. The van der Waals surface area contributed by atoms with Crippen molar-refractivity contribution in [3.05, 3.63) is 34.1 Å². The summed E-state index contributed by atoms with van der Waals surface area (Å²) in [4.78, 5) is 2.37. The number of nitrogens with zero attached hydrogens (tertiary/aromatic N) is 1. The predicted molar refractivity (Wildman–Crippen MR) is 85.4 cm³/mol. The van der Waals surface area contributed by atoms with Crippen molar-refractivity contribution in [2.75, 3.05) is 19.7 Å². The summed E-state index contributed by atoms with van der Waals surface area (Å²) < 4.78 is 20.1. The second-order valence-electron chi connectivity index (χ2n) is 5.71. The van der Waals surface area contributed by atoms with E-state index in [4.69, 9.17) is 10.6 Å². The van der Waals surface area contributed by atoms with Gasteiger partial charge in [-0.25, -0.2) is 4.39 Å². The maximum Gasteiger partial charge on any atom is 0.123 e. The van der Waals surface area contributed by atoms with E-state index in [0.29, 0.717) is 19.1 Å². The minimum Gasteiger partial charge on any atom is -0.374 e. The summed E-state index contributed by atoms with van der Waals surface area (Å²) in [6, 6.07) is 5.13. The number of rotatable bonds is 5. The average molecular weight is 360 g/mol. The second-order valence-corrected chi connectivity index (χ2v) is 6.57. The summed E-state index contributed by atoms with van der Waals surface area (Å²) in [7, 11) is 0. The van der Waals surface area contributed by atoms with E-state index in [1.165, 1.54) is 12.1 Å². The fourth-order valence-corrected chi connectivity index (χ4v) is 3.05. The molecule has 0 bridgehead atoms. The molecule has 1 aromatic carbocycles. The fraction of sp³-hybridized carbons (Fsp3) is 0.600. The number of nitrogens with two attached hydrogens (primary N) is 1. The van der Waals surface area contributed by atoms with E-state index in [2.05, 4.69) is 40.1 Å². The van der Waals surface area contributed by atoms with Gasteiger partial charge in [-0.3, -0.25) is 16.2 Å². The van der Waals surface area contributed by atoms with E-state index < -0.39 is 0 Å². The minimum absolute atomic E-state index is 0.00122. The van der Waals surface area contributed by atoms with Crippen LogP contribution in [0.3, 0.4) is 0 Å². The Morgan fingerprint density at radius 3 is 2.95 bits per heavy atom. The van der Waals surface area contributed by atoms with Crippen molar-refractivity contribution < 1.29 is 9.13 Å². The number of hydrazine groups is 1. The van der Waals surface area contributed by atoms with Crippen molar-refractivity contribution >= 4 is 15.9 Å². The Hall–Kier alpha value is -0.530. The number of nitrogens with one attached hydrogen (secondary N) is 1. The SMILES string of the molecule is CC(C)N1CCOC(C(Cc2cc(F)ccc2Br)NN)C1. The molecule has 0 aromatic heterocycles. The third-order valence-corrected chi connectivity index (χ3v) is 4.74. The molecule has 1 saturated heterocycles. The summed E-state index contributed by atoms with van der Waals surface area (Å²) in [6.45, 7) is 6.83. The molecule has 0 spiro atoms. The molecule has 1 fully saturated rings. The summed E-state index contributed by atoms with van der Waals surface area (Å²) in [5, 5.41) is 0. The van der Waals surface area contributed by atoms with E-state index in [0.717, 1.165) is 23.1 Å². The van der Waals surface area contributed by atoms with E-state index >= 15 is 0 Å². The standard InChI is InChI=1S/C15H23BrFN3O/c1-10(2)20-5-6-21-15(9-20)14(19-18)8-11-7-12(17)3-4-13(11)16/h3-4,7,10,14-15,19H,5-6,8-9,18H2,1-2H3. The van der Waals surface area contributed by atoms with Gasteiger partial charge in [0.25, 0.3) is 0 Å². The molecule has 2 unspecified atom stereocenters. The molecule has 21 heavy (non-hydrogen) atoms. The topological polar surface area (TPSA) is 50.5 Å². The first-order valence-electron chi connectivity index (χ1n) is 7.27. The van der Waals surface area contributed by atoms with Crippen LogP contribution < -0.4 is 11.3 Å². The zero-order chi connectivity index (χ0) is 15.4. The van der Waals surface area contributed by atoms with Gasteiger partial charge in [-0.2, -0.15) is 0 Å². The highest BCUT2D eigenvalue weighted by Gasteiger charge is 2.29. The number of hydrogen-bond donors (Lipinski definition) is 2. The summed E-state index contributed by atoms with van der Waals surface area (Å²) in [5.41, 5.74) is 3.72. The Balaban J connectivity index is 2.07. The molecule has 1 aliphatic rings. The van der Waals surface area contributed by atoms with Gasteiger partial charge in [0.1, 0.15) is 5.82 Å². The van der Waals surface area contributed by atoms with Crippen LogP contribution in [-0.4, -0.2) is 42.8 Å². The molecule has 0 aliphatic carbocycles. The molecule has 0 saturated carbocycles. The van der Waals surface area contributed by atoms with Crippen LogP contribution in [-0.2, 0) is 11.2 Å². The molecule has 0 amide bonds. The zero-order valence-corrected chi connectivity index (χ0v) is 14.1. The van der Waals surface area contributed by atoms with Gasteiger partial charge in [0.2, 0.25) is 0 Å². The maximum absolute atomic E-state index is 13.4. The van der Waals surface area contributed by atoms with Crippen molar-refractivity contribution in [1.82, 2.24) is 10.3 Å². The van der Waals surface area contributed by atoms with Crippen molar-refractivity contribution in [1.29, 1.82) is 0 Å². The lowest BCUT2D eigenvalue weighted by Gasteiger charge is -2.38. The molecule has 3 N–H and O–H groups in total. The monoisotopic (exact) mass is 359 g/mol. The van der Waals surface area contributed by atoms with Gasteiger partial charge < -0.3 is 4.74 Å². The first-order chi connectivity index (χ1) is 10.0. The molecule has 2 atom stereocenters. The van der Waals surface area contributed by atoms with Crippen LogP contribution in [0.15, 0.2) is 22.7 Å². The molecule has 2 rings (SSSR count). The van der Waals surface area contributed by atoms with Crippen molar-refractivity contribution in [2.45, 2.75) is 38.5 Å². The van der Waals surface area contributed by atoms with E-state index in [1.807, 2.05) is 0 Å². The van der Waals surface area contributed by atoms with Gasteiger partial charge in [-0.05, 0) is 44.0 Å². The Morgan fingerprint density at radius 1 is 1.52 bits per heavy atom. The minimum atomic E-state index is -0.239. The Labute approximate surface area is 133 Å². The van der Waals surface area contributed by atoms with Gasteiger partial charge in [0.05, 0.1) is 18.8 Å². The van der Waals surface area contributed by atoms with Crippen molar-refractivity contribution in [3.63, 3.8) is 0 Å². The lowest BCUT2D eigenvalue weighted by atomic mass is 10.00. The number of morpholine rings is 1.